The van der Waals surface area contributed by atoms with Crippen LogP contribution in [0.4, 0.5) is 10.1 Å². The first-order valence-corrected chi connectivity index (χ1v) is 6.50. The fourth-order valence-corrected chi connectivity index (χ4v) is 2.46. The van der Waals surface area contributed by atoms with Crippen LogP contribution in [0.3, 0.4) is 0 Å². The number of benzene rings is 1. The molecule has 1 atom stereocenters. The molecule has 0 aliphatic carbocycles. The Bertz CT molecular complexity index is 530. The zero-order valence-corrected chi connectivity index (χ0v) is 11.1. The molecule has 1 saturated heterocycles. The van der Waals surface area contributed by atoms with Crippen molar-refractivity contribution in [2.45, 2.75) is 19.4 Å². The highest BCUT2D eigenvalue weighted by Gasteiger charge is 2.30. The van der Waals surface area contributed by atoms with Crippen LogP contribution in [0.25, 0.3) is 0 Å². The maximum absolute atomic E-state index is 13.1. The van der Waals surface area contributed by atoms with Gasteiger partial charge in [0.15, 0.2) is 0 Å². The Labute approximate surface area is 115 Å². The van der Waals surface area contributed by atoms with E-state index in [4.69, 9.17) is 0 Å². The van der Waals surface area contributed by atoms with E-state index in [2.05, 4.69) is 5.32 Å². The molecule has 1 fully saturated rings. The second kappa shape index (κ2) is 5.96. The minimum Gasteiger partial charge on any atom is -0.334 e. The minimum absolute atomic E-state index is 0.0251. The molecule has 1 aliphatic heterocycles. The molecule has 0 spiro atoms. The maximum Gasteiger partial charge on any atom is 0.285 e. The van der Waals surface area contributed by atoms with Crippen LogP contribution in [-0.2, 0) is 0 Å². The molecule has 0 aromatic heterocycles. The van der Waals surface area contributed by atoms with Crippen LogP contribution in [-0.4, -0.2) is 41.4 Å². The van der Waals surface area contributed by atoms with Crippen molar-refractivity contribution in [1.29, 1.82) is 0 Å². The number of amides is 1. The lowest BCUT2D eigenvalue weighted by molar-refractivity contribution is -0.385. The molecule has 1 unspecified atom stereocenters. The number of rotatable bonds is 4. The summed E-state index contributed by atoms with van der Waals surface area (Å²) < 4.78 is 13.1. The van der Waals surface area contributed by atoms with Gasteiger partial charge in [0.2, 0.25) is 0 Å². The Morgan fingerprint density at radius 1 is 1.60 bits per heavy atom. The predicted molar refractivity (Wildman–Crippen MR) is 71.0 cm³/mol. The van der Waals surface area contributed by atoms with E-state index >= 15 is 0 Å². The molecule has 1 amide bonds. The van der Waals surface area contributed by atoms with Crippen molar-refractivity contribution in [1.82, 2.24) is 10.2 Å². The highest BCUT2D eigenvalue weighted by atomic mass is 19.1. The van der Waals surface area contributed by atoms with Gasteiger partial charge in [-0.25, -0.2) is 4.39 Å². The lowest BCUT2D eigenvalue weighted by Gasteiger charge is -2.27. The fourth-order valence-electron chi connectivity index (χ4n) is 2.46. The maximum atomic E-state index is 13.1. The van der Waals surface area contributed by atoms with E-state index in [1.54, 1.807) is 4.90 Å². The van der Waals surface area contributed by atoms with Crippen LogP contribution in [0, 0.1) is 15.9 Å². The lowest BCUT2D eigenvalue weighted by Crippen LogP contribution is -2.41. The molecule has 1 N–H and O–H groups in total. The topological polar surface area (TPSA) is 75.5 Å². The van der Waals surface area contributed by atoms with E-state index < -0.39 is 22.3 Å². The summed E-state index contributed by atoms with van der Waals surface area (Å²) in [5, 5.41) is 14.1. The Balaban J connectivity index is 2.33. The molecule has 7 heteroatoms. The number of carbonyl (C=O) groups is 1. The van der Waals surface area contributed by atoms with Crippen LogP contribution in [0.1, 0.15) is 23.7 Å². The summed E-state index contributed by atoms with van der Waals surface area (Å²) in [6.07, 6.45) is 0.814. The van der Waals surface area contributed by atoms with Gasteiger partial charge in [0.25, 0.3) is 11.6 Å². The van der Waals surface area contributed by atoms with E-state index in [-0.39, 0.29) is 11.6 Å². The number of nitrogens with one attached hydrogen (secondary N) is 1. The summed E-state index contributed by atoms with van der Waals surface area (Å²) in [6, 6.07) is 3.06. The molecule has 1 heterocycles. The normalized spacial score (nSPS) is 18.0. The number of nitro groups is 1. The first kappa shape index (κ1) is 14.4. The second-order valence-electron chi connectivity index (χ2n) is 4.66. The minimum atomic E-state index is -0.725. The molecule has 20 heavy (non-hydrogen) atoms. The molecule has 0 radical (unpaired) electrons. The first-order valence-electron chi connectivity index (χ1n) is 6.50. The summed E-state index contributed by atoms with van der Waals surface area (Å²) in [4.78, 5) is 24.3. The second-order valence-corrected chi connectivity index (χ2v) is 4.66. The average molecular weight is 281 g/mol. The van der Waals surface area contributed by atoms with Gasteiger partial charge in [0, 0.05) is 19.1 Å². The third-order valence-electron chi connectivity index (χ3n) is 3.46. The van der Waals surface area contributed by atoms with Crippen molar-refractivity contribution in [2.75, 3.05) is 19.6 Å². The number of nitrogens with zero attached hydrogens (tertiary/aromatic N) is 2. The van der Waals surface area contributed by atoms with Crippen LogP contribution in [0.15, 0.2) is 18.2 Å². The largest absolute Gasteiger partial charge is 0.334 e. The Hall–Kier alpha value is -2.02. The number of halogens is 1. The molecular formula is C13H16FN3O3. The fraction of sp³-hybridized carbons (Fsp3) is 0.462. The molecule has 1 aliphatic rings. The average Bonchev–Trinajstić information content (AvgIpc) is 2.93. The number of hydrogen-bond donors (Lipinski definition) is 1. The third kappa shape index (κ3) is 2.77. The van der Waals surface area contributed by atoms with Gasteiger partial charge in [0.1, 0.15) is 11.4 Å². The highest BCUT2D eigenvalue weighted by molar-refractivity contribution is 5.98. The van der Waals surface area contributed by atoms with Crippen molar-refractivity contribution in [3.8, 4) is 0 Å². The van der Waals surface area contributed by atoms with Gasteiger partial charge in [-0.3, -0.25) is 14.9 Å². The van der Waals surface area contributed by atoms with Crippen LogP contribution in [0.5, 0.6) is 0 Å². The molecule has 1 aromatic rings. The Morgan fingerprint density at radius 3 is 2.90 bits per heavy atom. The van der Waals surface area contributed by atoms with E-state index in [0.29, 0.717) is 13.1 Å². The third-order valence-corrected chi connectivity index (χ3v) is 3.46. The standard InChI is InChI=1S/C13H16FN3O3/c1-2-16(10-5-6-15-8-10)13(18)11-4-3-9(14)7-12(11)17(19)20/h3-4,7,10,15H,2,5-6,8H2,1H3. The van der Waals surface area contributed by atoms with Gasteiger partial charge in [-0.15, -0.1) is 0 Å². The van der Waals surface area contributed by atoms with Gasteiger partial charge < -0.3 is 10.2 Å². The Morgan fingerprint density at radius 2 is 2.35 bits per heavy atom. The smallest absolute Gasteiger partial charge is 0.285 e. The van der Waals surface area contributed by atoms with Crippen molar-refractivity contribution < 1.29 is 14.1 Å². The SMILES string of the molecule is CCN(C(=O)c1ccc(F)cc1[N+](=O)[O-])C1CCNC1. The van der Waals surface area contributed by atoms with Gasteiger partial charge in [0.05, 0.1) is 11.0 Å². The highest BCUT2D eigenvalue weighted by Crippen LogP contribution is 2.23. The number of carbonyl (C=O) groups excluding carboxylic acids is 1. The molecule has 108 valence electrons. The zero-order chi connectivity index (χ0) is 14.7. The van der Waals surface area contributed by atoms with Crippen molar-refractivity contribution in [3.63, 3.8) is 0 Å². The lowest BCUT2D eigenvalue weighted by atomic mass is 10.1. The number of likely N-dealkylation sites (N-methyl/N-ethyl adjacent to an activating group) is 1. The van der Waals surface area contributed by atoms with Crippen molar-refractivity contribution >= 4 is 11.6 Å². The summed E-state index contributed by atoms with van der Waals surface area (Å²) in [6.45, 7) is 3.78. The number of nitro benzene ring substituents is 1. The molecule has 0 saturated carbocycles. The van der Waals surface area contributed by atoms with Crippen molar-refractivity contribution in [3.05, 3.63) is 39.7 Å². The summed E-state index contributed by atoms with van der Waals surface area (Å²) in [7, 11) is 0. The van der Waals surface area contributed by atoms with Gasteiger partial charge in [-0.2, -0.15) is 0 Å². The first-order chi connectivity index (χ1) is 9.54. The predicted octanol–water partition coefficient (Wildman–Crippen LogP) is 1.56. The van der Waals surface area contributed by atoms with Crippen molar-refractivity contribution in [2.24, 2.45) is 0 Å². The van der Waals surface area contributed by atoms with Crippen LogP contribution < -0.4 is 5.32 Å². The molecular weight excluding hydrogens is 265 g/mol. The van der Waals surface area contributed by atoms with Gasteiger partial charge in [-0.05, 0) is 32.0 Å². The molecule has 1 aromatic carbocycles. The van der Waals surface area contributed by atoms with Crippen LogP contribution >= 0.6 is 0 Å². The van der Waals surface area contributed by atoms with E-state index in [1.165, 1.54) is 6.07 Å². The zero-order valence-electron chi connectivity index (χ0n) is 11.1. The van der Waals surface area contributed by atoms with Gasteiger partial charge >= 0.3 is 0 Å². The van der Waals surface area contributed by atoms with Crippen LogP contribution in [0.2, 0.25) is 0 Å². The quantitative estimate of drug-likeness (QED) is 0.671. The monoisotopic (exact) mass is 281 g/mol. The van der Waals surface area contributed by atoms with E-state index in [0.717, 1.165) is 25.1 Å². The van der Waals surface area contributed by atoms with Gasteiger partial charge in [-0.1, -0.05) is 0 Å². The Kier molecular flexibility index (Phi) is 4.29. The molecule has 2 rings (SSSR count). The summed E-state index contributed by atoms with van der Waals surface area (Å²) in [5.74, 6) is -1.15. The molecule has 0 bridgehead atoms. The van der Waals surface area contributed by atoms with E-state index in [1.807, 2.05) is 6.92 Å². The number of hydrogen-bond acceptors (Lipinski definition) is 4. The van der Waals surface area contributed by atoms with E-state index in [9.17, 15) is 19.3 Å². The summed E-state index contributed by atoms with van der Waals surface area (Å²) >= 11 is 0. The summed E-state index contributed by atoms with van der Waals surface area (Å²) in [5.41, 5.74) is -0.551. The molecule has 6 nitrogen and oxygen atoms in total.